The molecule has 5 heavy (non-hydrogen) atoms. The van der Waals surface area contributed by atoms with Gasteiger partial charge >= 0.3 is 0 Å². The largest absolute Gasteiger partial charge is 0.133 e. The highest BCUT2D eigenvalue weighted by Crippen LogP contribution is 1.80. The zero-order valence-corrected chi connectivity index (χ0v) is 3.07. The number of hydrogen-bond acceptors (Lipinski definition) is 0. The maximum atomic E-state index is 4.97. The molecule has 0 atom stereocenters. The smallest absolute Gasteiger partial charge is 0.105 e. The fourth-order valence-corrected chi connectivity index (χ4v) is 0. The molecule has 0 heterocycles. The van der Waals surface area contributed by atoms with Gasteiger partial charge in [0.2, 0.25) is 0 Å². The fourth-order valence-electron chi connectivity index (χ4n) is 0. The molecule has 0 rings (SSSR count). The van der Waals surface area contributed by atoms with Gasteiger partial charge in [-0.1, -0.05) is 6.32 Å². The van der Waals surface area contributed by atoms with Gasteiger partial charge in [0, 0.05) is 0 Å². The molecule has 0 aliphatic carbocycles. The van der Waals surface area contributed by atoms with E-state index >= 15 is 0 Å². The maximum Gasteiger partial charge on any atom is 0.105 e. The molecule has 0 amide bonds. The Morgan fingerprint density at radius 1 is 1.80 bits per heavy atom. The van der Waals surface area contributed by atoms with Gasteiger partial charge in [-0.2, -0.15) is 0 Å². The van der Waals surface area contributed by atoms with Gasteiger partial charge in [-0.15, -0.1) is 12.1 Å². The number of hydrogen-bond donors (Lipinski definition) is 0. The molecule has 0 fully saturated rings. The van der Waals surface area contributed by atoms with E-state index in [-0.39, 0.29) is 0 Å². The molecular formula is C3H4B2. The molecule has 2 heteroatoms. The molecule has 0 aromatic rings. The van der Waals surface area contributed by atoms with Crippen molar-refractivity contribution in [2.75, 3.05) is 0 Å². The van der Waals surface area contributed by atoms with Crippen LogP contribution in [0.5, 0.6) is 0 Å². The molecule has 0 saturated carbocycles. The monoisotopic (exact) mass is 62.0 g/mol. The minimum atomic E-state index is 0.389. The first-order valence-electron chi connectivity index (χ1n) is 1.40. The molecule has 22 valence electrons. The van der Waals surface area contributed by atoms with Crippen LogP contribution in [0.2, 0.25) is 6.32 Å². The second kappa shape index (κ2) is 2.13. The molecule has 0 spiro atoms. The van der Waals surface area contributed by atoms with Crippen molar-refractivity contribution in [1.29, 1.82) is 0 Å². The van der Waals surface area contributed by atoms with E-state index in [1.54, 1.807) is 0 Å². The van der Waals surface area contributed by atoms with Gasteiger partial charge in [0.05, 0.1) is 7.85 Å². The van der Waals surface area contributed by atoms with Crippen LogP contribution >= 0.6 is 0 Å². The molecule has 0 bridgehead atoms. The second-order valence-corrected chi connectivity index (χ2v) is 0.862. The van der Waals surface area contributed by atoms with Crippen molar-refractivity contribution in [3.63, 3.8) is 0 Å². The van der Waals surface area contributed by atoms with Crippen LogP contribution in [-0.4, -0.2) is 15.7 Å². The van der Waals surface area contributed by atoms with E-state index in [0.717, 1.165) is 0 Å². The van der Waals surface area contributed by atoms with Gasteiger partial charge < -0.3 is 0 Å². The Labute approximate surface area is 35.1 Å². The van der Waals surface area contributed by atoms with Crippen LogP contribution in [0.4, 0.5) is 0 Å². The summed E-state index contributed by atoms with van der Waals surface area (Å²) in [5, 5.41) is 0. The van der Waals surface area contributed by atoms with E-state index in [9.17, 15) is 0 Å². The van der Waals surface area contributed by atoms with E-state index in [2.05, 4.69) is 6.58 Å². The Kier molecular flexibility index (Phi) is 2.07. The van der Waals surface area contributed by atoms with Crippen molar-refractivity contribution in [3.8, 4) is 0 Å². The van der Waals surface area contributed by atoms with E-state index < -0.39 is 0 Å². The van der Waals surface area contributed by atoms with Crippen LogP contribution in [0.15, 0.2) is 12.1 Å². The van der Waals surface area contributed by atoms with Crippen LogP contribution in [0, 0.1) is 0 Å². The summed E-state index contributed by atoms with van der Waals surface area (Å²) < 4.78 is 0. The lowest BCUT2D eigenvalue weighted by Gasteiger charge is -1.80. The van der Waals surface area contributed by atoms with E-state index in [1.807, 2.05) is 0 Å². The number of rotatable bonds is 1. The zero-order chi connectivity index (χ0) is 4.28. The predicted octanol–water partition coefficient (Wildman–Crippen LogP) is 0.255. The van der Waals surface area contributed by atoms with Crippen molar-refractivity contribution < 1.29 is 0 Å². The average molecular weight is 61.7 g/mol. The molecular weight excluding hydrogens is 57.7 g/mol. The molecule has 0 aromatic heterocycles. The van der Waals surface area contributed by atoms with Gasteiger partial charge in [-0.3, -0.25) is 0 Å². The van der Waals surface area contributed by atoms with Gasteiger partial charge in [0.1, 0.15) is 7.85 Å². The van der Waals surface area contributed by atoms with Gasteiger partial charge in [0.15, 0.2) is 0 Å². The summed E-state index contributed by atoms with van der Waals surface area (Å²) in [5.41, 5.74) is 0.532. The molecule has 0 N–H and O–H groups in total. The standard InChI is InChI=1S/C3H4B2/c1-3(5)2-4/h1-2H2. The van der Waals surface area contributed by atoms with Gasteiger partial charge in [-0.25, -0.2) is 0 Å². The molecule has 0 unspecified atom stereocenters. The van der Waals surface area contributed by atoms with Crippen molar-refractivity contribution >= 4 is 15.7 Å². The topological polar surface area (TPSA) is 0 Å². The van der Waals surface area contributed by atoms with Gasteiger partial charge in [-0.05, 0) is 0 Å². The number of allylic oxidation sites excluding steroid dienone is 1. The first kappa shape index (κ1) is 4.87. The third-order valence-electron chi connectivity index (χ3n) is 0.262. The summed E-state index contributed by atoms with van der Waals surface area (Å²) in [5.74, 6) is 0. The van der Waals surface area contributed by atoms with Gasteiger partial charge in [0.25, 0.3) is 0 Å². The Morgan fingerprint density at radius 2 is 2.00 bits per heavy atom. The minimum absolute atomic E-state index is 0.389. The van der Waals surface area contributed by atoms with Crippen molar-refractivity contribution in [2.24, 2.45) is 0 Å². The molecule has 0 saturated heterocycles. The van der Waals surface area contributed by atoms with E-state index in [1.165, 1.54) is 0 Å². The van der Waals surface area contributed by atoms with Crippen molar-refractivity contribution in [3.05, 3.63) is 12.1 Å². The third-order valence-corrected chi connectivity index (χ3v) is 0.262. The lowest BCUT2D eigenvalue weighted by atomic mass is 9.85. The highest BCUT2D eigenvalue weighted by Gasteiger charge is 1.67. The summed E-state index contributed by atoms with van der Waals surface area (Å²) in [7, 11) is 9.92. The predicted molar refractivity (Wildman–Crippen MR) is 25.5 cm³/mol. The van der Waals surface area contributed by atoms with Crippen molar-refractivity contribution in [1.82, 2.24) is 0 Å². The van der Waals surface area contributed by atoms with Crippen LogP contribution in [0.3, 0.4) is 0 Å². The highest BCUT2D eigenvalue weighted by atomic mass is 13.6. The molecule has 0 nitrogen and oxygen atoms in total. The SMILES string of the molecule is [B]CC([B])=C. The Balaban J connectivity index is 2.85. The normalized spacial score (nSPS) is 7.20. The summed E-state index contributed by atoms with van der Waals surface area (Å²) in [4.78, 5) is 0. The Bertz CT molecular complexity index is 40.2. The first-order chi connectivity index (χ1) is 2.27. The van der Waals surface area contributed by atoms with E-state index in [4.69, 9.17) is 15.7 Å². The maximum absolute atomic E-state index is 4.97. The Morgan fingerprint density at radius 3 is 2.00 bits per heavy atom. The lowest BCUT2D eigenvalue weighted by Crippen LogP contribution is -1.71. The summed E-state index contributed by atoms with van der Waals surface area (Å²) in [6.07, 6.45) is 0.389. The van der Waals surface area contributed by atoms with Crippen LogP contribution in [0.1, 0.15) is 0 Å². The molecule has 4 radical (unpaired) electrons. The first-order valence-corrected chi connectivity index (χ1v) is 1.40. The highest BCUT2D eigenvalue weighted by molar-refractivity contribution is 6.27. The molecule has 0 aromatic carbocycles. The zero-order valence-electron chi connectivity index (χ0n) is 3.07. The quantitative estimate of drug-likeness (QED) is 0.382. The molecule has 0 aliphatic rings. The Hall–Kier alpha value is -0.130. The third kappa shape index (κ3) is 3.87. The van der Waals surface area contributed by atoms with E-state index in [0.29, 0.717) is 11.8 Å². The molecule has 0 aliphatic heterocycles. The minimum Gasteiger partial charge on any atom is -0.133 e. The second-order valence-electron chi connectivity index (χ2n) is 0.862. The average Bonchev–Trinajstić information content (AvgIpc) is 1.38. The lowest BCUT2D eigenvalue weighted by molar-refractivity contribution is 1.68. The van der Waals surface area contributed by atoms with Crippen LogP contribution in [0.25, 0.3) is 0 Å². The van der Waals surface area contributed by atoms with Crippen LogP contribution < -0.4 is 0 Å². The summed E-state index contributed by atoms with van der Waals surface area (Å²) in [6, 6.07) is 0. The summed E-state index contributed by atoms with van der Waals surface area (Å²) in [6.45, 7) is 3.33. The summed E-state index contributed by atoms with van der Waals surface area (Å²) >= 11 is 0. The van der Waals surface area contributed by atoms with Crippen LogP contribution in [-0.2, 0) is 0 Å². The van der Waals surface area contributed by atoms with Crippen molar-refractivity contribution in [2.45, 2.75) is 6.32 Å². The fraction of sp³-hybridized carbons (Fsp3) is 0.333.